The van der Waals surface area contributed by atoms with Gasteiger partial charge in [0.25, 0.3) is 0 Å². The fraction of sp³-hybridized carbons (Fsp3) is 0.478. The molecule has 1 saturated carbocycles. The van der Waals surface area contributed by atoms with Gasteiger partial charge in [0.2, 0.25) is 5.91 Å². The molecule has 0 unspecified atom stereocenters. The lowest BCUT2D eigenvalue weighted by Crippen LogP contribution is -2.50. The Morgan fingerprint density at radius 2 is 1.71 bits per heavy atom. The van der Waals surface area contributed by atoms with Crippen LogP contribution < -0.4 is 10.2 Å². The van der Waals surface area contributed by atoms with Gasteiger partial charge in [-0.25, -0.2) is 0 Å². The smallest absolute Gasteiger partial charge is 0.351 e. The Balaban J connectivity index is 2.08. The zero-order chi connectivity index (χ0) is 22.8. The summed E-state index contributed by atoms with van der Waals surface area (Å²) in [6.45, 7) is 5.42. The van der Waals surface area contributed by atoms with Crippen LogP contribution in [-0.4, -0.2) is 24.0 Å². The molecule has 4 nitrogen and oxygen atoms in total. The number of carbonyl (C=O) groups is 2. The summed E-state index contributed by atoms with van der Waals surface area (Å²) in [5, 5.41) is 2.92. The van der Waals surface area contributed by atoms with Crippen molar-refractivity contribution in [1.29, 1.82) is 0 Å². The fourth-order valence-electron chi connectivity index (χ4n) is 3.90. The summed E-state index contributed by atoms with van der Waals surface area (Å²) in [6, 6.07) is 6.55. The Labute approximate surface area is 184 Å². The maximum Gasteiger partial charge on any atom is 0.471 e. The van der Waals surface area contributed by atoms with Crippen LogP contribution in [0.4, 0.5) is 18.9 Å². The normalized spacial score (nSPS) is 16.1. The molecule has 3 rings (SSSR count). The predicted molar refractivity (Wildman–Crippen MR) is 116 cm³/mol. The molecule has 0 spiro atoms. The molecular weight excluding hydrogens is 425 g/mol. The molecular formula is C23H27F3N2O2S. The number of rotatable bonds is 5. The summed E-state index contributed by atoms with van der Waals surface area (Å²) in [6.07, 6.45) is -0.514. The maximum absolute atomic E-state index is 13.6. The molecule has 1 heterocycles. The van der Waals surface area contributed by atoms with Crippen LogP contribution in [0.1, 0.15) is 59.0 Å². The summed E-state index contributed by atoms with van der Waals surface area (Å²) in [7, 11) is 0. The highest BCUT2D eigenvalue weighted by atomic mass is 32.1. The van der Waals surface area contributed by atoms with E-state index in [9.17, 15) is 22.8 Å². The van der Waals surface area contributed by atoms with Gasteiger partial charge in [-0.1, -0.05) is 25.3 Å². The molecule has 1 N–H and O–H groups in total. The molecule has 0 bridgehead atoms. The van der Waals surface area contributed by atoms with Crippen LogP contribution in [0.3, 0.4) is 0 Å². The third-order valence-corrected chi connectivity index (χ3v) is 6.77. The SMILES string of the molecule is Cc1ccc([C@H](C(=O)NC2CCCCC2)N(C(=O)C(F)(F)F)c2ccc(C)c(C)c2)s1. The van der Waals surface area contributed by atoms with E-state index in [1.165, 1.54) is 23.5 Å². The number of carbonyl (C=O) groups excluding carboxylic acids is 2. The lowest BCUT2D eigenvalue weighted by atomic mass is 9.95. The van der Waals surface area contributed by atoms with Gasteiger partial charge >= 0.3 is 12.1 Å². The molecule has 0 aliphatic heterocycles. The first-order valence-corrected chi connectivity index (χ1v) is 11.2. The molecule has 1 aliphatic rings. The van der Waals surface area contributed by atoms with Gasteiger partial charge in [0.1, 0.15) is 0 Å². The van der Waals surface area contributed by atoms with E-state index >= 15 is 0 Å². The lowest BCUT2D eigenvalue weighted by molar-refractivity contribution is -0.171. The van der Waals surface area contributed by atoms with Crippen molar-refractivity contribution in [2.45, 2.75) is 71.1 Å². The van der Waals surface area contributed by atoms with Crippen molar-refractivity contribution in [3.8, 4) is 0 Å². The van der Waals surface area contributed by atoms with E-state index in [4.69, 9.17) is 0 Å². The van der Waals surface area contributed by atoms with E-state index in [-0.39, 0.29) is 11.7 Å². The van der Waals surface area contributed by atoms with Crippen LogP contribution >= 0.6 is 11.3 Å². The molecule has 31 heavy (non-hydrogen) atoms. The van der Waals surface area contributed by atoms with Crippen LogP contribution in [0.15, 0.2) is 30.3 Å². The van der Waals surface area contributed by atoms with Crippen LogP contribution in [-0.2, 0) is 9.59 Å². The van der Waals surface area contributed by atoms with Crippen LogP contribution in [0.5, 0.6) is 0 Å². The number of thiophene rings is 1. The second kappa shape index (κ2) is 9.42. The van der Waals surface area contributed by atoms with Crippen molar-refractivity contribution in [3.05, 3.63) is 51.2 Å². The number of benzene rings is 1. The van der Waals surface area contributed by atoms with E-state index in [0.29, 0.717) is 9.78 Å². The van der Waals surface area contributed by atoms with E-state index in [2.05, 4.69) is 5.32 Å². The Hall–Kier alpha value is -2.35. The number of nitrogens with one attached hydrogen (secondary N) is 1. The van der Waals surface area contributed by atoms with Crippen molar-refractivity contribution in [1.82, 2.24) is 5.32 Å². The first-order chi connectivity index (χ1) is 14.6. The van der Waals surface area contributed by atoms with Gasteiger partial charge in [0.05, 0.1) is 0 Å². The highest BCUT2D eigenvalue weighted by Crippen LogP contribution is 2.36. The second-order valence-corrected chi connectivity index (χ2v) is 9.46. The van der Waals surface area contributed by atoms with Crippen molar-refractivity contribution >= 4 is 28.8 Å². The van der Waals surface area contributed by atoms with Crippen LogP contribution in [0.25, 0.3) is 0 Å². The Morgan fingerprint density at radius 3 is 2.26 bits per heavy atom. The zero-order valence-corrected chi connectivity index (χ0v) is 18.7. The quantitative estimate of drug-likeness (QED) is 0.627. The summed E-state index contributed by atoms with van der Waals surface area (Å²) >= 11 is 1.22. The highest BCUT2D eigenvalue weighted by Gasteiger charge is 2.48. The molecule has 1 atom stereocenters. The largest absolute Gasteiger partial charge is 0.471 e. The van der Waals surface area contributed by atoms with Gasteiger partial charge in [-0.3, -0.25) is 14.5 Å². The Bertz CT molecular complexity index is 949. The van der Waals surface area contributed by atoms with Crippen LogP contribution in [0.2, 0.25) is 0 Å². The Morgan fingerprint density at radius 1 is 1.03 bits per heavy atom. The molecule has 1 aromatic carbocycles. The van der Waals surface area contributed by atoms with Crippen LogP contribution in [0, 0.1) is 20.8 Å². The van der Waals surface area contributed by atoms with Crippen molar-refractivity contribution in [2.75, 3.05) is 4.90 Å². The summed E-state index contributed by atoms with van der Waals surface area (Å²) < 4.78 is 40.9. The topological polar surface area (TPSA) is 49.4 Å². The minimum atomic E-state index is -5.12. The molecule has 1 aliphatic carbocycles. The number of hydrogen-bond acceptors (Lipinski definition) is 3. The van der Waals surface area contributed by atoms with Gasteiger partial charge in [-0.15, -0.1) is 11.3 Å². The van der Waals surface area contributed by atoms with E-state index in [0.717, 1.165) is 48.1 Å². The van der Waals surface area contributed by atoms with Gasteiger partial charge in [-0.2, -0.15) is 13.2 Å². The molecule has 2 aromatic rings. The van der Waals surface area contributed by atoms with Crippen molar-refractivity contribution in [2.24, 2.45) is 0 Å². The number of aryl methyl sites for hydroxylation is 3. The highest BCUT2D eigenvalue weighted by molar-refractivity contribution is 7.12. The first kappa shape index (κ1) is 23.3. The molecule has 1 fully saturated rings. The maximum atomic E-state index is 13.6. The van der Waals surface area contributed by atoms with Crippen molar-refractivity contribution in [3.63, 3.8) is 0 Å². The molecule has 0 saturated heterocycles. The molecule has 168 valence electrons. The summed E-state index contributed by atoms with van der Waals surface area (Å²) in [5.74, 6) is -2.63. The standard InChI is InChI=1S/C23H27F3N2O2S/c1-14-9-11-18(13-15(14)2)28(22(30)23(24,25)26)20(19-12-10-16(3)31-19)21(29)27-17-7-5-4-6-8-17/h9-13,17,20H,4-8H2,1-3H3,(H,27,29)/t20-/m1/s1. The third kappa shape index (κ3) is 5.47. The summed E-state index contributed by atoms with van der Waals surface area (Å²) in [5.41, 5.74) is 1.69. The van der Waals surface area contributed by atoms with E-state index in [1.54, 1.807) is 25.1 Å². The third-order valence-electron chi connectivity index (χ3n) is 5.72. The fourth-order valence-corrected chi connectivity index (χ4v) is 4.86. The summed E-state index contributed by atoms with van der Waals surface area (Å²) in [4.78, 5) is 27.8. The van der Waals surface area contributed by atoms with Gasteiger partial charge in [-0.05, 0) is 69.0 Å². The minimum absolute atomic E-state index is 0.0558. The number of nitrogens with zero attached hydrogens (tertiary/aromatic N) is 1. The molecule has 1 aromatic heterocycles. The average Bonchev–Trinajstić information content (AvgIpc) is 3.13. The van der Waals surface area contributed by atoms with E-state index in [1.807, 2.05) is 13.8 Å². The monoisotopic (exact) mass is 452 g/mol. The second-order valence-electron chi connectivity index (χ2n) is 8.14. The number of amides is 2. The molecule has 0 radical (unpaired) electrons. The molecule has 2 amide bonds. The Kier molecular flexibility index (Phi) is 7.09. The van der Waals surface area contributed by atoms with Gasteiger partial charge in [0, 0.05) is 21.5 Å². The van der Waals surface area contributed by atoms with Gasteiger partial charge in [0.15, 0.2) is 6.04 Å². The lowest BCUT2D eigenvalue weighted by Gasteiger charge is -2.33. The van der Waals surface area contributed by atoms with Gasteiger partial charge < -0.3 is 5.32 Å². The number of halogens is 3. The minimum Gasteiger partial charge on any atom is -0.351 e. The first-order valence-electron chi connectivity index (χ1n) is 10.4. The van der Waals surface area contributed by atoms with E-state index < -0.39 is 24.0 Å². The predicted octanol–water partition coefficient (Wildman–Crippen LogP) is 5.76. The number of anilines is 1. The number of alkyl halides is 3. The molecule has 8 heteroatoms. The van der Waals surface area contributed by atoms with Crippen molar-refractivity contribution < 1.29 is 22.8 Å². The number of hydrogen-bond donors (Lipinski definition) is 1. The zero-order valence-electron chi connectivity index (χ0n) is 17.9. The average molecular weight is 453 g/mol.